The fourth-order valence-electron chi connectivity index (χ4n) is 3.11. The van der Waals surface area contributed by atoms with Gasteiger partial charge in [0.2, 0.25) is 17.8 Å². The molecular formula is C16H14F5N5OS. The van der Waals surface area contributed by atoms with Gasteiger partial charge in [-0.1, -0.05) is 12.2 Å². The Kier molecular flexibility index (Phi) is 5.08. The summed E-state index contributed by atoms with van der Waals surface area (Å²) in [6.45, 7) is 0.162. The van der Waals surface area contributed by atoms with Gasteiger partial charge < -0.3 is 10.2 Å². The van der Waals surface area contributed by atoms with Crippen LogP contribution in [0.1, 0.15) is 17.3 Å². The highest BCUT2D eigenvalue weighted by Gasteiger charge is 2.44. The van der Waals surface area contributed by atoms with E-state index >= 15 is 0 Å². The molecule has 0 unspecified atom stereocenters. The highest BCUT2D eigenvalue weighted by molar-refractivity contribution is 7.80. The van der Waals surface area contributed by atoms with E-state index in [1.807, 2.05) is 0 Å². The monoisotopic (exact) mass is 419 g/mol. The van der Waals surface area contributed by atoms with Crippen LogP contribution in [0, 0.1) is 17.8 Å². The molecule has 0 spiro atoms. The minimum absolute atomic E-state index is 0.0411. The number of alkyl halides is 3. The van der Waals surface area contributed by atoms with E-state index in [-0.39, 0.29) is 22.9 Å². The van der Waals surface area contributed by atoms with Crippen molar-refractivity contribution in [2.45, 2.75) is 12.1 Å². The minimum Gasteiger partial charge on any atom is -0.368 e. The van der Waals surface area contributed by atoms with E-state index in [1.54, 1.807) is 11.9 Å². The minimum atomic E-state index is -4.61. The molecule has 2 aromatic rings. The van der Waals surface area contributed by atoms with E-state index in [9.17, 15) is 26.7 Å². The number of aryl methyl sites for hydroxylation is 1. The van der Waals surface area contributed by atoms with E-state index in [0.29, 0.717) is 4.68 Å². The normalized spacial score (nSPS) is 20.0. The Balaban J connectivity index is 1.91. The van der Waals surface area contributed by atoms with Crippen molar-refractivity contribution in [3.8, 4) is 0 Å². The number of nitrogens with zero attached hydrogens (tertiary/aromatic N) is 4. The summed E-state index contributed by atoms with van der Waals surface area (Å²) in [7, 11) is 2.74. The zero-order chi connectivity index (χ0) is 20.8. The Labute approximate surface area is 161 Å². The lowest BCUT2D eigenvalue weighted by atomic mass is 9.91. The zero-order valence-corrected chi connectivity index (χ0v) is 15.4. The molecule has 0 bridgehead atoms. The first-order chi connectivity index (χ1) is 13.0. The van der Waals surface area contributed by atoms with Crippen LogP contribution in [0.15, 0.2) is 18.2 Å². The summed E-state index contributed by atoms with van der Waals surface area (Å²) >= 11 is 5.24. The third-order valence-electron chi connectivity index (χ3n) is 4.44. The highest BCUT2D eigenvalue weighted by atomic mass is 32.1. The maximum absolute atomic E-state index is 13.7. The van der Waals surface area contributed by atoms with Crippen LogP contribution in [0.4, 0.5) is 27.6 Å². The van der Waals surface area contributed by atoms with E-state index in [1.165, 1.54) is 0 Å². The van der Waals surface area contributed by atoms with E-state index < -0.39 is 41.5 Å². The van der Waals surface area contributed by atoms with Gasteiger partial charge in [-0.15, -0.1) is 0 Å². The van der Waals surface area contributed by atoms with Gasteiger partial charge in [0.25, 0.3) is 0 Å². The van der Waals surface area contributed by atoms with Crippen LogP contribution in [0.3, 0.4) is 0 Å². The number of carbonyl (C=O) groups excluding carboxylic acids is 1. The summed E-state index contributed by atoms with van der Waals surface area (Å²) in [5.74, 6) is -4.85. The van der Waals surface area contributed by atoms with Gasteiger partial charge in [0, 0.05) is 26.6 Å². The molecule has 0 radical (unpaired) electrons. The van der Waals surface area contributed by atoms with Crippen molar-refractivity contribution in [3.63, 3.8) is 0 Å². The molecule has 12 heteroatoms. The van der Waals surface area contributed by atoms with Crippen LogP contribution >= 0.6 is 12.2 Å². The first-order valence-electron chi connectivity index (χ1n) is 7.98. The lowest BCUT2D eigenvalue weighted by Crippen LogP contribution is -2.32. The zero-order valence-electron chi connectivity index (χ0n) is 14.6. The summed E-state index contributed by atoms with van der Waals surface area (Å²) in [6.07, 6.45) is -4.61. The molecule has 1 fully saturated rings. The van der Waals surface area contributed by atoms with Crippen molar-refractivity contribution in [1.82, 2.24) is 19.7 Å². The number of anilines is 1. The number of halogens is 5. The van der Waals surface area contributed by atoms with Gasteiger partial charge in [-0.3, -0.25) is 9.48 Å². The second-order valence-corrected chi connectivity index (χ2v) is 6.76. The SMILES string of the molecule is CN1C[C@H](c2cc(C(F)(F)F)n(C)n2)[C@@H](C(=O)Nc2ccc(F)nc2F)C1=S. The molecule has 1 amide bonds. The van der Waals surface area contributed by atoms with Gasteiger partial charge in [-0.2, -0.15) is 32.0 Å². The van der Waals surface area contributed by atoms with Gasteiger partial charge in [0.1, 0.15) is 5.69 Å². The average molecular weight is 419 g/mol. The number of hydrogen-bond donors (Lipinski definition) is 1. The quantitative estimate of drug-likeness (QED) is 0.471. The second kappa shape index (κ2) is 7.08. The summed E-state index contributed by atoms with van der Waals surface area (Å²) in [5.41, 5.74) is -1.28. The molecule has 2 atom stereocenters. The molecular weight excluding hydrogens is 405 g/mol. The van der Waals surface area contributed by atoms with E-state index in [0.717, 1.165) is 25.2 Å². The van der Waals surface area contributed by atoms with Gasteiger partial charge in [-0.05, 0) is 18.2 Å². The number of aromatic nitrogens is 3. The van der Waals surface area contributed by atoms with E-state index in [2.05, 4.69) is 15.4 Å². The lowest BCUT2D eigenvalue weighted by Gasteiger charge is -2.16. The van der Waals surface area contributed by atoms with Crippen LogP contribution in [-0.4, -0.2) is 44.2 Å². The Hall–Kier alpha value is -2.63. The summed E-state index contributed by atoms with van der Waals surface area (Å²) in [6, 6.07) is 2.73. The summed E-state index contributed by atoms with van der Waals surface area (Å²) in [5, 5.41) is 6.16. The number of hydrogen-bond acceptors (Lipinski definition) is 4. The highest BCUT2D eigenvalue weighted by Crippen LogP contribution is 2.37. The third kappa shape index (κ3) is 3.68. The topological polar surface area (TPSA) is 63.1 Å². The van der Waals surface area contributed by atoms with Crippen LogP contribution in [0.5, 0.6) is 0 Å². The number of amides is 1. The number of thiocarbonyl (C=S) groups is 1. The molecule has 150 valence electrons. The van der Waals surface area contributed by atoms with Crippen molar-refractivity contribution in [2.24, 2.45) is 13.0 Å². The van der Waals surface area contributed by atoms with Gasteiger partial charge >= 0.3 is 6.18 Å². The molecule has 3 heterocycles. The molecule has 1 N–H and O–H groups in total. The molecule has 0 aliphatic carbocycles. The van der Waals surface area contributed by atoms with Crippen LogP contribution in [-0.2, 0) is 18.0 Å². The van der Waals surface area contributed by atoms with Crippen LogP contribution < -0.4 is 5.32 Å². The Morgan fingerprint density at radius 3 is 2.54 bits per heavy atom. The molecule has 1 saturated heterocycles. The Morgan fingerprint density at radius 1 is 1.29 bits per heavy atom. The smallest absolute Gasteiger partial charge is 0.368 e. The number of rotatable bonds is 3. The van der Waals surface area contributed by atoms with Gasteiger partial charge in [0.05, 0.1) is 22.3 Å². The van der Waals surface area contributed by atoms with E-state index in [4.69, 9.17) is 12.2 Å². The molecule has 1 aliphatic rings. The first kappa shape index (κ1) is 20.1. The maximum Gasteiger partial charge on any atom is 0.433 e. The van der Waals surface area contributed by atoms with Crippen molar-refractivity contribution in [2.75, 3.05) is 18.9 Å². The standard InChI is InChI=1S/C16H14F5N5OS/c1-25-6-7(9-5-10(16(19,20)21)26(2)24-9)12(15(25)28)14(27)22-8-3-4-11(17)23-13(8)18/h3-5,7,12H,6H2,1-2H3,(H,22,27)/t7-,12+/m1/s1. The van der Waals surface area contributed by atoms with Crippen molar-refractivity contribution in [3.05, 3.63) is 41.5 Å². The summed E-state index contributed by atoms with van der Waals surface area (Å²) in [4.78, 5) is 17.4. The predicted octanol–water partition coefficient (Wildman–Crippen LogP) is 2.72. The van der Waals surface area contributed by atoms with Crippen molar-refractivity contribution in [1.29, 1.82) is 0 Å². The number of likely N-dealkylation sites (N-methyl/N-ethyl adjacent to an activating group) is 1. The Bertz CT molecular complexity index is 944. The molecule has 3 rings (SSSR count). The molecule has 0 aromatic carbocycles. The third-order valence-corrected chi connectivity index (χ3v) is 5.00. The summed E-state index contributed by atoms with van der Waals surface area (Å²) < 4.78 is 66.5. The Morgan fingerprint density at radius 2 is 1.96 bits per heavy atom. The fraction of sp³-hybridized carbons (Fsp3) is 0.375. The predicted molar refractivity (Wildman–Crippen MR) is 92.5 cm³/mol. The maximum atomic E-state index is 13.7. The molecule has 0 saturated carbocycles. The van der Waals surface area contributed by atoms with Crippen molar-refractivity contribution < 1.29 is 26.7 Å². The molecule has 6 nitrogen and oxygen atoms in total. The molecule has 2 aromatic heterocycles. The van der Waals surface area contributed by atoms with Crippen molar-refractivity contribution >= 4 is 28.8 Å². The fourth-order valence-corrected chi connectivity index (χ4v) is 3.46. The first-order valence-corrected chi connectivity index (χ1v) is 8.39. The number of likely N-dealkylation sites (tertiary alicyclic amines) is 1. The largest absolute Gasteiger partial charge is 0.433 e. The van der Waals surface area contributed by atoms with Crippen LogP contribution in [0.2, 0.25) is 0 Å². The average Bonchev–Trinajstić information content (AvgIpc) is 3.11. The molecule has 28 heavy (non-hydrogen) atoms. The van der Waals surface area contributed by atoms with Gasteiger partial charge in [0.15, 0.2) is 0 Å². The number of pyridine rings is 1. The van der Waals surface area contributed by atoms with Gasteiger partial charge in [-0.25, -0.2) is 0 Å². The number of carbonyl (C=O) groups is 1. The molecule has 1 aliphatic heterocycles. The number of nitrogens with one attached hydrogen (secondary N) is 1. The lowest BCUT2D eigenvalue weighted by molar-refractivity contribution is -0.143. The van der Waals surface area contributed by atoms with Crippen LogP contribution in [0.25, 0.3) is 0 Å². The second-order valence-electron chi connectivity index (χ2n) is 6.34.